The van der Waals surface area contributed by atoms with Gasteiger partial charge < -0.3 is 9.64 Å². The Hall–Kier alpha value is -3.06. The third-order valence-electron chi connectivity index (χ3n) is 5.89. The second-order valence-corrected chi connectivity index (χ2v) is 8.92. The lowest BCUT2D eigenvalue weighted by molar-refractivity contribution is 0.325. The largest absolute Gasteiger partial charge is 0.497 e. The van der Waals surface area contributed by atoms with E-state index in [-0.39, 0.29) is 0 Å². The van der Waals surface area contributed by atoms with E-state index >= 15 is 0 Å². The Balaban J connectivity index is 1.57. The quantitative estimate of drug-likeness (QED) is 0.556. The van der Waals surface area contributed by atoms with Crippen molar-refractivity contribution in [3.63, 3.8) is 0 Å². The van der Waals surface area contributed by atoms with Crippen LogP contribution in [0.15, 0.2) is 42.9 Å². The molecule has 3 heterocycles. The van der Waals surface area contributed by atoms with Gasteiger partial charge in [-0.3, -0.25) is 4.90 Å². The lowest BCUT2D eigenvalue weighted by atomic mass is 9.96. The molecule has 1 aliphatic heterocycles. The maximum atomic E-state index is 5.44. The van der Waals surface area contributed by atoms with Gasteiger partial charge in [0.2, 0.25) is 5.95 Å². The monoisotopic (exact) mass is 432 g/mol. The molecule has 1 saturated heterocycles. The first-order valence-electron chi connectivity index (χ1n) is 11.2. The number of likely N-dealkylation sites (tertiary alicyclic amines) is 1. The summed E-state index contributed by atoms with van der Waals surface area (Å²) in [6.45, 7) is 7.06. The normalized spacial score (nSPS) is 16.5. The van der Waals surface area contributed by atoms with Crippen molar-refractivity contribution >= 4 is 5.95 Å². The van der Waals surface area contributed by atoms with E-state index in [9.17, 15) is 0 Å². The van der Waals surface area contributed by atoms with Gasteiger partial charge in [0, 0.05) is 68.7 Å². The number of benzene rings is 1. The Morgan fingerprint density at radius 1 is 1.12 bits per heavy atom. The van der Waals surface area contributed by atoms with Gasteiger partial charge in [0.15, 0.2) is 0 Å². The topological polar surface area (TPSA) is 67.3 Å². The Morgan fingerprint density at radius 2 is 1.91 bits per heavy atom. The van der Waals surface area contributed by atoms with E-state index in [4.69, 9.17) is 9.72 Å². The van der Waals surface area contributed by atoms with Crippen molar-refractivity contribution in [2.24, 2.45) is 0 Å². The van der Waals surface area contributed by atoms with Gasteiger partial charge in [0.25, 0.3) is 0 Å². The van der Waals surface area contributed by atoms with Gasteiger partial charge in [-0.05, 0) is 30.7 Å². The second-order valence-electron chi connectivity index (χ2n) is 8.92. The third-order valence-corrected chi connectivity index (χ3v) is 5.89. The molecule has 168 valence electrons. The average Bonchev–Trinajstić information content (AvgIpc) is 3.27. The SMILES string of the molecule is COc1cccc(-c2cnc(N(C)C)nc2C2CCN(Cc3cnc(C(C)C)nc3)C2)c1. The van der Waals surface area contributed by atoms with Gasteiger partial charge in [-0.1, -0.05) is 26.0 Å². The first-order chi connectivity index (χ1) is 15.4. The van der Waals surface area contributed by atoms with E-state index in [1.54, 1.807) is 7.11 Å². The van der Waals surface area contributed by atoms with Gasteiger partial charge in [-0.15, -0.1) is 0 Å². The summed E-state index contributed by atoms with van der Waals surface area (Å²) in [4.78, 5) is 23.0. The summed E-state index contributed by atoms with van der Waals surface area (Å²) in [5, 5.41) is 0. The zero-order valence-electron chi connectivity index (χ0n) is 19.6. The highest BCUT2D eigenvalue weighted by Crippen LogP contribution is 2.35. The van der Waals surface area contributed by atoms with E-state index in [0.29, 0.717) is 11.8 Å². The Labute approximate surface area is 190 Å². The summed E-state index contributed by atoms with van der Waals surface area (Å²) in [6.07, 6.45) is 6.94. The molecule has 2 aromatic heterocycles. The fourth-order valence-electron chi connectivity index (χ4n) is 4.13. The minimum atomic E-state index is 0.341. The van der Waals surface area contributed by atoms with Crippen molar-refractivity contribution in [3.8, 4) is 16.9 Å². The molecule has 4 rings (SSSR count). The number of hydrogen-bond donors (Lipinski definition) is 0. The van der Waals surface area contributed by atoms with Crippen LogP contribution in [0.25, 0.3) is 11.1 Å². The standard InChI is InChI=1S/C25H32N6O/c1-17(2)24-26-12-18(13-27-24)15-31-10-9-20(16-31)23-22(14-28-25(29-23)30(3)4)19-7-6-8-21(11-19)32-5/h6-8,11-14,17,20H,9-10,15-16H2,1-5H3. The Bertz CT molecular complexity index is 1050. The molecule has 0 radical (unpaired) electrons. The summed E-state index contributed by atoms with van der Waals surface area (Å²) in [7, 11) is 5.65. The van der Waals surface area contributed by atoms with Crippen LogP contribution < -0.4 is 9.64 Å². The lowest BCUT2D eigenvalue weighted by Crippen LogP contribution is -2.21. The van der Waals surface area contributed by atoms with E-state index in [2.05, 4.69) is 45.8 Å². The van der Waals surface area contributed by atoms with Crippen LogP contribution in [-0.4, -0.2) is 59.1 Å². The molecule has 1 unspecified atom stereocenters. The Kier molecular flexibility index (Phi) is 6.65. The lowest BCUT2D eigenvalue weighted by Gasteiger charge is -2.20. The molecule has 1 atom stereocenters. The van der Waals surface area contributed by atoms with Crippen LogP contribution >= 0.6 is 0 Å². The van der Waals surface area contributed by atoms with Crippen LogP contribution in [0.4, 0.5) is 5.95 Å². The van der Waals surface area contributed by atoms with E-state index in [0.717, 1.165) is 66.0 Å². The van der Waals surface area contributed by atoms with Gasteiger partial charge in [0.05, 0.1) is 12.8 Å². The highest BCUT2D eigenvalue weighted by Gasteiger charge is 2.28. The van der Waals surface area contributed by atoms with Crippen LogP contribution in [0.3, 0.4) is 0 Å². The summed E-state index contributed by atoms with van der Waals surface area (Å²) < 4.78 is 5.44. The minimum Gasteiger partial charge on any atom is -0.497 e. The van der Waals surface area contributed by atoms with Gasteiger partial charge in [-0.25, -0.2) is 19.9 Å². The predicted molar refractivity (Wildman–Crippen MR) is 127 cm³/mol. The number of anilines is 1. The highest BCUT2D eigenvalue weighted by atomic mass is 16.5. The molecule has 0 amide bonds. The van der Waals surface area contributed by atoms with Crippen molar-refractivity contribution in [2.45, 2.75) is 38.6 Å². The molecular weight excluding hydrogens is 400 g/mol. The zero-order chi connectivity index (χ0) is 22.7. The van der Waals surface area contributed by atoms with Crippen molar-refractivity contribution in [1.29, 1.82) is 0 Å². The molecule has 7 heteroatoms. The fourth-order valence-corrected chi connectivity index (χ4v) is 4.13. The van der Waals surface area contributed by atoms with Crippen molar-refractivity contribution < 1.29 is 4.74 Å². The first-order valence-corrected chi connectivity index (χ1v) is 11.2. The van der Waals surface area contributed by atoms with E-state index < -0.39 is 0 Å². The van der Waals surface area contributed by atoms with Gasteiger partial charge >= 0.3 is 0 Å². The maximum Gasteiger partial charge on any atom is 0.225 e. The number of methoxy groups -OCH3 is 1. The van der Waals surface area contributed by atoms with Crippen LogP contribution in [0.5, 0.6) is 5.75 Å². The third kappa shape index (κ3) is 4.88. The maximum absolute atomic E-state index is 5.44. The first kappa shape index (κ1) is 22.1. The summed E-state index contributed by atoms with van der Waals surface area (Å²) in [6, 6.07) is 8.12. The average molecular weight is 433 g/mol. The van der Waals surface area contributed by atoms with Crippen LogP contribution in [0.1, 0.15) is 49.2 Å². The molecule has 3 aromatic rings. The summed E-state index contributed by atoms with van der Waals surface area (Å²) >= 11 is 0. The molecule has 0 bridgehead atoms. The van der Waals surface area contributed by atoms with E-state index in [1.165, 1.54) is 0 Å². The number of ether oxygens (including phenoxy) is 1. The number of rotatable bonds is 7. The minimum absolute atomic E-state index is 0.341. The zero-order valence-corrected chi connectivity index (χ0v) is 19.6. The summed E-state index contributed by atoms with van der Waals surface area (Å²) in [5.74, 6) is 3.16. The second kappa shape index (κ2) is 9.61. The Morgan fingerprint density at radius 3 is 2.59 bits per heavy atom. The fraction of sp³-hybridized carbons (Fsp3) is 0.440. The molecule has 0 saturated carbocycles. The molecule has 7 nitrogen and oxygen atoms in total. The van der Waals surface area contributed by atoms with E-state index in [1.807, 2.05) is 49.7 Å². The molecule has 1 fully saturated rings. The van der Waals surface area contributed by atoms with Crippen LogP contribution in [0.2, 0.25) is 0 Å². The van der Waals surface area contributed by atoms with Gasteiger partial charge in [-0.2, -0.15) is 0 Å². The molecule has 0 aliphatic carbocycles. The van der Waals surface area contributed by atoms with Crippen molar-refractivity contribution in [2.75, 3.05) is 39.2 Å². The molecule has 1 aromatic carbocycles. The molecule has 0 N–H and O–H groups in total. The predicted octanol–water partition coefficient (Wildman–Crippen LogP) is 4.12. The van der Waals surface area contributed by atoms with Crippen molar-refractivity contribution in [1.82, 2.24) is 24.8 Å². The number of aromatic nitrogens is 4. The summed E-state index contributed by atoms with van der Waals surface area (Å²) in [5.41, 5.74) is 4.41. The van der Waals surface area contributed by atoms with Crippen molar-refractivity contribution in [3.05, 3.63) is 59.9 Å². The van der Waals surface area contributed by atoms with Gasteiger partial charge in [0.1, 0.15) is 11.6 Å². The number of nitrogens with zero attached hydrogens (tertiary/aromatic N) is 6. The molecular formula is C25H32N6O. The van der Waals surface area contributed by atoms with Crippen LogP contribution in [-0.2, 0) is 6.54 Å². The van der Waals surface area contributed by atoms with Crippen LogP contribution in [0, 0.1) is 0 Å². The smallest absolute Gasteiger partial charge is 0.225 e. The highest BCUT2D eigenvalue weighted by molar-refractivity contribution is 5.68. The molecule has 32 heavy (non-hydrogen) atoms. The number of hydrogen-bond acceptors (Lipinski definition) is 7. The molecule has 0 spiro atoms. The molecule has 1 aliphatic rings.